The smallest absolute Gasteiger partial charge is 0.309 e. The number of carbonyl (C=O) groups excluding carboxylic acids is 4. The summed E-state index contributed by atoms with van der Waals surface area (Å²) >= 11 is 0. The molecule has 0 saturated carbocycles. The number of cyclic esters (lactones) is 1. The Morgan fingerprint density at radius 3 is 1.78 bits per heavy atom. The summed E-state index contributed by atoms with van der Waals surface area (Å²) in [6, 6.07) is 0. The summed E-state index contributed by atoms with van der Waals surface area (Å²) in [7, 11) is 0. The normalized spacial score (nSPS) is 35.2. The summed E-state index contributed by atoms with van der Waals surface area (Å²) in [6.45, 7) is 16.4. The van der Waals surface area contributed by atoms with Gasteiger partial charge < -0.3 is 29.2 Å². The lowest BCUT2D eigenvalue weighted by atomic mass is 9.65. The molecule has 0 radical (unpaired) electrons. The molecule has 1 heterocycles. The zero-order valence-electron chi connectivity index (χ0n) is 36.3. The van der Waals surface area contributed by atoms with Gasteiger partial charge in [0.05, 0.1) is 36.9 Å². The van der Waals surface area contributed by atoms with Crippen LogP contribution in [0.4, 0.5) is 0 Å². The van der Waals surface area contributed by atoms with Crippen molar-refractivity contribution in [3.8, 4) is 0 Å². The Morgan fingerprint density at radius 1 is 0.741 bits per heavy atom. The largest absolute Gasteiger partial charge is 0.462 e. The van der Waals surface area contributed by atoms with E-state index < -0.39 is 36.4 Å². The van der Waals surface area contributed by atoms with Gasteiger partial charge in [-0.2, -0.15) is 0 Å². The van der Waals surface area contributed by atoms with Gasteiger partial charge >= 0.3 is 23.9 Å². The van der Waals surface area contributed by atoms with Gasteiger partial charge in [0.15, 0.2) is 0 Å². The molecule has 0 aromatic heterocycles. The topological polar surface area (TPSA) is 146 Å². The maximum absolute atomic E-state index is 13.0. The highest BCUT2D eigenvalue weighted by Crippen LogP contribution is 2.47. The zero-order chi connectivity index (χ0) is 42.3. The van der Waals surface area contributed by atoms with Crippen molar-refractivity contribution >= 4 is 23.9 Å². The monoisotopic (exact) mass is 809 g/mol. The minimum atomic E-state index is -1.10. The first-order chi connectivity index (χ1) is 27.6. The van der Waals surface area contributed by atoms with Crippen LogP contribution in [-0.2, 0) is 38.1 Å². The van der Waals surface area contributed by atoms with Crippen molar-refractivity contribution in [2.24, 2.45) is 59.2 Å². The summed E-state index contributed by atoms with van der Waals surface area (Å²) in [4.78, 5) is 51.5. The molecule has 1 aliphatic heterocycles. The molecule has 0 amide bonds. The molecule has 10 heteroatoms. The van der Waals surface area contributed by atoms with Crippen LogP contribution in [0.15, 0.2) is 47.6 Å². The minimum absolute atomic E-state index is 0.0241. The maximum Gasteiger partial charge on any atom is 0.309 e. The highest BCUT2D eigenvalue weighted by atomic mass is 16.6. The Balaban J connectivity index is 1.10. The van der Waals surface area contributed by atoms with E-state index in [-0.39, 0.29) is 90.8 Å². The van der Waals surface area contributed by atoms with Crippen molar-refractivity contribution in [1.29, 1.82) is 0 Å². The Bertz CT molecular complexity index is 1560. The molecule has 16 atom stereocenters. The number of rotatable bonds is 17. The number of allylic oxidation sites excluding steroid dienone is 6. The van der Waals surface area contributed by atoms with E-state index in [0.717, 1.165) is 32.1 Å². The number of esters is 4. The molecule has 4 aliphatic carbocycles. The van der Waals surface area contributed by atoms with E-state index >= 15 is 0 Å². The fraction of sp³-hybridized carbons (Fsp3) is 0.750. The third-order valence-corrected chi connectivity index (χ3v) is 13.9. The number of aliphatic hydroxyl groups is 2. The lowest BCUT2D eigenvalue weighted by Crippen LogP contribution is -2.42. The van der Waals surface area contributed by atoms with Crippen LogP contribution >= 0.6 is 0 Å². The summed E-state index contributed by atoms with van der Waals surface area (Å²) in [6.07, 6.45) is 15.4. The highest BCUT2D eigenvalue weighted by Gasteiger charge is 2.44. The van der Waals surface area contributed by atoms with Gasteiger partial charge in [-0.15, -0.1) is 0 Å². The Kier molecular flexibility index (Phi) is 16.5. The van der Waals surface area contributed by atoms with E-state index in [0.29, 0.717) is 37.5 Å². The molecule has 2 N–H and O–H groups in total. The maximum atomic E-state index is 13.0. The summed E-state index contributed by atoms with van der Waals surface area (Å²) < 4.78 is 23.8. The van der Waals surface area contributed by atoms with Gasteiger partial charge in [0.1, 0.15) is 24.4 Å². The van der Waals surface area contributed by atoms with Crippen molar-refractivity contribution in [3.63, 3.8) is 0 Å². The second-order valence-electron chi connectivity index (χ2n) is 18.7. The van der Waals surface area contributed by atoms with Crippen LogP contribution in [0, 0.1) is 59.2 Å². The van der Waals surface area contributed by atoms with Gasteiger partial charge in [-0.3, -0.25) is 19.2 Å². The number of ether oxygens (including phenoxy) is 4. The first-order valence-corrected chi connectivity index (χ1v) is 22.5. The van der Waals surface area contributed by atoms with Gasteiger partial charge in [-0.25, -0.2) is 0 Å². The van der Waals surface area contributed by atoms with Crippen LogP contribution in [0.1, 0.15) is 132 Å². The van der Waals surface area contributed by atoms with Gasteiger partial charge in [0, 0.05) is 18.3 Å². The van der Waals surface area contributed by atoms with Crippen molar-refractivity contribution in [2.45, 2.75) is 169 Å². The summed E-state index contributed by atoms with van der Waals surface area (Å²) in [5.74, 6) is -0.125. The van der Waals surface area contributed by atoms with Crippen LogP contribution in [0.2, 0.25) is 0 Å². The molecule has 0 unspecified atom stereocenters. The standard InChI is InChI=1S/C48H72O10/c1-9-29(5)47(53)57-41-21-27(3)19-33-13-11-31(7)39(45(33)41)17-15-35(49)23-36(50)24-43(51)56-38-25-37(55-44(52)26-38)16-18-40-32(8)12-14-34-20-28(4)22-42(46(34)40)58-48(54)30(6)10-2/h11-14,19-20,27-32,35-42,45-46,49-50H,9-10,15-18,21-26H2,1-8H3/t27-,28-,29-,30-,31-,32-,35+,36+,37+,38+,39-,40-,41-,42-,45+,46-/m0/s1. The summed E-state index contributed by atoms with van der Waals surface area (Å²) in [5, 5.41) is 21.9. The van der Waals surface area contributed by atoms with E-state index in [9.17, 15) is 29.4 Å². The van der Waals surface area contributed by atoms with E-state index in [1.165, 1.54) is 11.1 Å². The van der Waals surface area contributed by atoms with Gasteiger partial charge in [-0.05, 0) is 104 Å². The Morgan fingerprint density at radius 2 is 1.26 bits per heavy atom. The number of carbonyl (C=O) groups is 4. The quantitative estimate of drug-likeness (QED) is 0.109. The van der Waals surface area contributed by atoms with Gasteiger partial charge in [-0.1, -0.05) is 91.8 Å². The molecular weight excluding hydrogens is 737 g/mol. The van der Waals surface area contributed by atoms with Gasteiger partial charge in [0.25, 0.3) is 0 Å². The average molecular weight is 809 g/mol. The molecule has 58 heavy (non-hydrogen) atoms. The third-order valence-electron chi connectivity index (χ3n) is 13.9. The molecule has 5 aliphatic rings. The number of aliphatic hydroxyl groups excluding tert-OH is 2. The van der Waals surface area contributed by atoms with E-state index in [1.807, 2.05) is 27.7 Å². The van der Waals surface area contributed by atoms with Crippen LogP contribution in [-0.4, -0.2) is 70.7 Å². The lowest BCUT2D eigenvalue weighted by molar-refractivity contribution is -0.171. The highest BCUT2D eigenvalue weighted by molar-refractivity contribution is 5.74. The number of fused-ring (bicyclic) bond motifs is 2. The van der Waals surface area contributed by atoms with Crippen molar-refractivity contribution in [3.05, 3.63) is 47.6 Å². The van der Waals surface area contributed by atoms with Crippen LogP contribution in [0.5, 0.6) is 0 Å². The van der Waals surface area contributed by atoms with Crippen molar-refractivity contribution < 1.29 is 48.3 Å². The third kappa shape index (κ3) is 11.9. The second-order valence-corrected chi connectivity index (χ2v) is 18.7. The van der Waals surface area contributed by atoms with E-state index in [1.54, 1.807) is 0 Å². The molecule has 5 rings (SSSR count). The Labute approximate surface area is 347 Å². The predicted molar refractivity (Wildman–Crippen MR) is 222 cm³/mol. The molecule has 1 saturated heterocycles. The fourth-order valence-electron chi connectivity index (χ4n) is 10.1. The molecule has 10 nitrogen and oxygen atoms in total. The predicted octanol–water partition coefficient (Wildman–Crippen LogP) is 8.39. The molecular formula is C48H72O10. The van der Waals surface area contributed by atoms with Gasteiger partial charge in [0.2, 0.25) is 0 Å². The molecule has 0 aromatic rings. The number of hydrogen-bond donors (Lipinski definition) is 2. The lowest BCUT2D eigenvalue weighted by Gasteiger charge is -2.43. The molecule has 0 spiro atoms. The first kappa shape index (κ1) is 45.8. The molecule has 0 aromatic carbocycles. The number of hydrogen-bond acceptors (Lipinski definition) is 10. The van der Waals surface area contributed by atoms with Crippen LogP contribution in [0.25, 0.3) is 0 Å². The minimum Gasteiger partial charge on any atom is -0.462 e. The van der Waals surface area contributed by atoms with Crippen molar-refractivity contribution in [2.75, 3.05) is 0 Å². The molecule has 0 bridgehead atoms. The zero-order valence-corrected chi connectivity index (χ0v) is 36.3. The average Bonchev–Trinajstić information content (AvgIpc) is 3.16. The van der Waals surface area contributed by atoms with Crippen LogP contribution in [0.3, 0.4) is 0 Å². The van der Waals surface area contributed by atoms with E-state index in [2.05, 4.69) is 64.2 Å². The second kappa shape index (κ2) is 20.8. The van der Waals surface area contributed by atoms with Crippen LogP contribution < -0.4 is 0 Å². The molecule has 324 valence electrons. The van der Waals surface area contributed by atoms with Crippen molar-refractivity contribution in [1.82, 2.24) is 0 Å². The summed E-state index contributed by atoms with van der Waals surface area (Å²) in [5.41, 5.74) is 2.40. The first-order valence-electron chi connectivity index (χ1n) is 22.5. The SMILES string of the molecule is CC[C@H](C)C(=O)O[C@H]1C[C@@H](C)C=C2C=C[C@H](C)[C@H](CC[C@@H](O)C[C@@H](O)CC(=O)O[C@H]3CC(=O)O[C@H](CC[C@@H]4[C@@H]5C(=C[C@H](C)C[C@@H]5OC(=O)[C@@H](C)CC)C=C[C@@H]4C)C3)[C@@H]21. The van der Waals surface area contributed by atoms with E-state index in [4.69, 9.17) is 18.9 Å². The molecule has 1 fully saturated rings. The fourth-order valence-corrected chi connectivity index (χ4v) is 10.1. The Hall–Kier alpha value is -3.24.